The summed E-state index contributed by atoms with van der Waals surface area (Å²) in [5, 5.41) is 2.98. The van der Waals surface area contributed by atoms with Gasteiger partial charge in [-0.25, -0.2) is 0 Å². The maximum Gasteiger partial charge on any atom is 0.223 e. The van der Waals surface area contributed by atoms with Crippen LogP contribution in [-0.2, 0) is 17.9 Å². The van der Waals surface area contributed by atoms with E-state index in [2.05, 4.69) is 5.32 Å². The smallest absolute Gasteiger partial charge is 0.223 e. The number of benzene rings is 1. The second-order valence-corrected chi connectivity index (χ2v) is 4.32. The molecule has 1 aliphatic carbocycles. The van der Waals surface area contributed by atoms with E-state index in [1.807, 2.05) is 24.3 Å². The minimum atomic E-state index is 0.193. The van der Waals surface area contributed by atoms with Gasteiger partial charge >= 0.3 is 0 Å². The molecule has 3 N–H and O–H groups in total. The van der Waals surface area contributed by atoms with E-state index in [4.69, 9.17) is 5.73 Å². The van der Waals surface area contributed by atoms with Crippen molar-refractivity contribution in [3.8, 4) is 0 Å². The fourth-order valence-corrected chi connectivity index (χ4v) is 1.93. The second kappa shape index (κ2) is 5.12. The van der Waals surface area contributed by atoms with Crippen molar-refractivity contribution in [1.29, 1.82) is 0 Å². The van der Waals surface area contributed by atoms with E-state index < -0.39 is 0 Å². The first-order valence-corrected chi connectivity index (χ1v) is 5.86. The lowest BCUT2D eigenvalue weighted by Gasteiger charge is -2.24. The Hall–Kier alpha value is -1.35. The third kappa shape index (κ3) is 2.42. The molecule has 1 aromatic carbocycles. The van der Waals surface area contributed by atoms with Crippen LogP contribution in [0.25, 0.3) is 0 Å². The van der Waals surface area contributed by atoms with E-state index in [-0.39, 0.29) is 11.8 Å². The van der Waals surface area contributed by atoms with E-state index in [0.717, 1.165) is 24.0 Å². The molecule has 3 heteroatoms. The third-order valence-corrected chi connectivity index (χ3v) is 3.27. The highest BCUT2D eigenvalue weighted by atomic mass is 16.1. The highest BCUT2D eigenvalue weighted by molar-refractivity contribution is 5.79. The van der Waals surface area contributed by atoms with Crippen LogP contribution >= 0.6 is 0 Å². The Balaban J connectivity index is 1.90. The number of hydrogen-bond donors (Lipinski definition) is 2. The zero-order chi connectivity index (χ0) is 11.4. The number of carbonyl (C=O) groups is 1. The van der Waals surface area contributed by atoms with Crippen LogP contribution in [0.3, 0.4) is 0 Å². The van der Waals surface area contributed by atoms with E-state index in [1.54, 1.807) is 0 Å². The molecule has 0 spiro atoms. The summed E-state index contributed by atoms with van der Waals surface area (Å²) in [4.78, 5) is 11.7. The van der Waals surface area contributed by atoms with Gasteiger partial charge in [-0.2, -0.15) is 0 Å². The quantitative estimate of drug-likeness (QED) is 0.805. The number of carbonyl (C=O) groups excluding carboxylic acids is 1. The molecule has 0 aromatic heterocycles. The van der Waals surface area contributed by atoms with Crippen LogP contribution in [-0.4, -0.2) is 5.91 Å². The van der Waals surface area contributed by atoms with Gasteiger partial charge in [-0.3, -0.25) is 4.79 Å². The van der Waals surface area contributed by atoms with Gasteiger partial charge in [0, 0.05) is 19.0 Å². The Kier molecular flexibility index (Phi) is 3.57. The minimum Gasteiger partial charge on any atom is -0.352 e. The van der Waals surface area contributed by atoms with Gasteiger partial charge in [0.15, 0.2) is 0 Å². The molecule has 1 amide bonds. The molecule has 2 rings (SSSR count). The topological polar surface area (TPSA) is 55.1 Å². The molecular weight excluding hydrogens is 200 g/mol. The third-order valence-electron chi connectivity index (χ3n) is 3.27. The van der Waals surface area contributed by atoms with Crippen LogP contribution < -0.4 is 11.1 Å². The molecule has 0 unspecified atom stereocenters. The predicted octanol–water partition coefficient (Wildman–Crippen LogP) is 1.56. The Bertz CT molecular complexity index is 372. The van der Waals surface area contributed by atoms with Crippen LogP contribution in [0.15, 0.2) is 24.3 Å². The average Bonchev–Trinajstić information content (AvgIpc) is 2.24. The molecule has 0 radical (unpaired) electrons. The summed E-state index contributed by atoms with van der Waals surface area (Å²) in [6.45, 7) is 1.12. The lowest BCUT2D eigenvalue weighted by atomic mass is 9.85. The Morgan fingerprint density at radius 1 is 1.31 bits per heavy atom. The van der Waals surface area contributed by atoms with E-state index in [0.29, 0.717) is 13.1 Å². The minimum absolute atomic E-state index is 0.193. The van der Waals surface area contributed by atoms with Gasteiger partial charge in [0.2, 0.25) is 5.91 Å². The number of nitrogens with one attached hydrogen (secondary N) is 1. The Morgan fingerprint density at radius 3 is 2.56 bits per heavy atom. The Morgan fingerprint density at radius 2 is 2.00 bits per heavy atom. The van der Waals surface area contributed by atoms with Crippen molar-refractivity contribution in [1.82, 2.24) is 5.32 Å². The SMILES string of the molecule is NCc1ccccc1CNC(=O)C1CCC1. The Labute approximate surface area is 96.0 Å². The number of hydrogen-bond acceptors (Lipinski definition) is 2. The second-order valence-electron chi connectivity index (χ2n) is 4.32. The van der Waals surface area contributed by atoms with E-state index >= 15 is 0 Å². The predicted molar refractivity (Wildman–Crippen MR) is 63.5 cm³/mol. The molecule has 0 saturated heterocycles. The summed E-state index contributed by atoms with van der Waals surface area (Å²) in [7, 11) is 0. The van der Waals surface area contributed by atoms with Crippen LogP contribution in [0.4, 0.5) is 0 Å². The van der Waals surface area contributed by atoms with Crippen LogP contribution in [0, 0.1) is 5.92 Å². The lowest BCUT2D eigenvalue weighted by molar-refractivity contribution is -0.127. The van der Waals surface area contributed by atoms with Gasteiger partial charge in [0.05, 0.1) is 0 Å². The first-order valence-electron chi connectivity index (χ1n) is 5.86. The monoisotopic (exact) mass is 218 g/mol. The molecule has 3 nitrogen and oxygen atoms in total. The lowest BCUT2D eigenvalue weighted by Crippen LogP contribution is -2.34. The van der Waals surface area contributed by atoms with Gasteiger partial charge < -0.3 is 11.1 Å². The number of nitrogens with two attached hydrogens (primary N) is 1. The molecule has 1 saturated carbocycles. The van der Waals surface area contributed by atoms with Crippen molar-refractivity contribution < 1.29 is 4.79 Å². The molecule has 1 aromatic rings. The zero-order valence-corrected chi connectivity index (χ0v) is 9.41. The fourth-order valence-electron chi connectivity index (χ4n) is 1.93. The maximum atomic E-state index is 11.7. The first kappa shape index (κ1) is 11.1. The molecule has 0 bridgehead atoms. The fraction of sp³-hybridized carbons (Fsp3) is 0.462. The summed E-state index contributed by atoms with van der Waals surface area (Å²) in [5.41, 5.74) is 7.87. The van der Waals surface area contributed by atoms with Crippen molar-refractivity contribution in [3.63, 3.8) is 0 Å². The van der Waals surface area contributed by atoms with Crippen molar-refractivity contribution in [2.24, 2.45) is 11.7 Å². The molecule has 0 heterocycles. The van der Waals surface area contributed by atoms with Gasteiger partial charge in [0.25, 0.3) is 0 Å². The summed E-state index contributed by atoms with van der Waals surface area (Å²) in [6.07, 6.45) is 3.28. The number of amides is 1. The molecule has 0 atom stereocenters. The van der Waals surface area contributed by atoms with Crippen LogP contribution in [0.2, 0.25) is 0 Å². The van der Waals surface area contributed by atoms with Gasteiger partial charge in [0.1, 0.15) is 0 Å². The first-order chi connectivity index (χ1) is 7.81. The van der Waals surface area contributed by atoms with Crippen molar-refractivity contribution >= 4 is 5.91 Å². The largest absolute Gasteiger partial charge is 0.352 e. The van der Waals surface area contributed by atoms with Crippen molar-refractivity contribution in [2.75, 3.05) is 0 Å². The highest BCUT2D eigenvalue weighted by Crippen LogP contribution is 2.26. The summed E-state index contributed by atoms with van der Waals surface area (Å²) in [5.74, 6) is 0.447. The van der Waals surface area contributed by atoms with Crippen LogP contribution in [0.5, 0.6) is 0 Å². The van der Waals surface area contributed by atoms with Gasteiger partial charge in [-0.1, -0.05) is 30.7 Å². The summed E-state index contributed by atoms with van der Waals surface area (Å²) in [6, 6.07) is 7.97. The summed E-state index contributed by atoms with van der Waals surface area (Å²) < 4.78 is 0. The van der Waals surface area contributed by atoms with Gasteiger partial charge in [-0.15, -0.1) is 0 Å². The van der Waals surface area contributed by atoms with E-state index in [1.165, 1.54) is 6.42 Å². The maximum absolute atomic E-state index is 11.7. The molecule has 0 aliphatic heterocycles. The summed E-state index contributed by atoms with van der Waals surface area (Å²) >= 11 is 0. The number of rotatable bonds is 4. The molecule has 1 aliphatic rings. The molecular formula is C13H18N2O. The molecule has 16 heavy (non-hydrogen) atoms. The van der Waals surface area contributed by atoms with Gasteiger partial charge in [-0.05, 0) is 24.0 Å². The standard InChI is InChI=1S/C13H18N2O/c14-8-11-4-1-2-5-12(11)9-15-13(16)10-6-3-7-10/h1-2,4-5,10H,3,6-9,14H2,(H,15,16). The molecule has 86 valence electrons. The average molecular weight is 218 g/mol. The van der Waals surface area contributed by atoms with Crippen molar-refractivity contribution in [3.05, 3.63) is 35.4 Å². The van der Waals surface area contributed by atoms with E-state index in [9.17, 15) is 4.79 Å². The zero-order valence-electron chi connectivity index (χ0n) is 9.41. The van der Waals surface area contributed by atoms with Crippen molar-refractivity contribution in [2.45, 2.75) is 32.4 Å². The normalized spacial score (nSPS) is 15.6. The highest BCUT2D eigenvalue weighted by Gasteiger charge is 2.24. The van der Waals surface area contributed by atoms with Crippen LogP contribution in [0.1, 0.15) is 30.4 Å². The molecule has 1 fully saturated rings.